The number of nitrogens with two attached hydrogens (primary N) is 1. The molecule has 2 rings (SSSR count). The minimum Gasteiger partial charge on any atom is -0.374 e. The average molecular weight is 273 g/mol. The molecule has 1 amide bonds. The summed E-state index contributed by atoms with van der Waals surface area (Å²) in [7, 11) is 1.69. The number of amides is 1. The first-order valence-electron chi connectivity index (χ1n) is 4.48. The average Bonchev–Trinajstić information content (AvgIpc) is 2.85. The van der Waals surface area contributed by atoms with E-state index in [1.54, 1.807) is 13.2 Å². The molecule has 0 aliphatic carbocycles. The van der Waals surface area contributed by atoms with Crippen molar-refractivity contribution in [3.63, 3.8) is 0 Å². The summed E-state index contributed by atoms with van der Waals surface area (Å²) in [5, 5.41) is 13.9. The van der Waals surface area contributed by atoms with E-state index in [1.165, 1.54) is 27.8 Å². The zero-order valence-corrected chi connectivity index (χ0v) is 10.4. The van der Waals surface area contributed by atoms with Crippen LogP contribution in [0.4, 0.5) is 11.0 Å². The van der Waals surface area contributed by atoms with Gasteiger partial charge in [-0.25, -0.2) is 0 Å². The second-order valence-electron chi connectivity index (χ2n) is 2.98. The fourth-order valence-electron chi connectivity index (χ4n) is 0.960. The molecule has 0 bridgehead atoms. The van der Waals surface area contributed by atoms with E-state index in [4.69, 9.17) is 10.3 Å². The molecule has 3 N–H and O–H groups in total. The molecule has 0 atom stereocenters. The van der Waals surface area contributed by atoms with Gasteiger partial charge in [-0.1, -0.05) is 27.8 Å². The predicted octanol–water partition coefficient (Wildman–Crippen LogP) is -0.336. The summed E-state index contributed by atoms with van der Waals surface area (Å²) >= 11 is 2.50. The Morgan fingerprint density at radius 1 is 1.71 bits per heavy atom. The Hall–Kier alpha value is -1.68. The number of hydrogen-bond donors (Lipinski definition) is 2. The molecule has 8 nitrogen and oxygen atoms in total. The monoisotopic (exact) mass is 273 g/mol. The molecular formula is C7H9N6O2S2+. The smallest absolute Gasteiger partial charge is 0.302 e. The van der Waals surface area contributed by atoms with E-state index in [-0.39, 0.29) is 11.7 Å². The van der Waals surface area contributed by atoms with Crippen LogP contribution in [0.3, 0.4) is 0 Å². The van der Waals surface area contributed by atoms with Gasteiger partial charge < -0.3 is 5.73 Å². The molecule has 0 aliphatic heterocycles. The van der Waals surface area contributed by atoms with E-state index in [0.717, 1.165) is 0 Å². The van der Waals surface area contributed by atoms with Crippen LogP contribution in [0.5, 0.6) is 0 Å². The summed E-state index contributed by atoms with van der Waals surface area (Å²) in [6.45, 7) is 0. The van der Waals surface area contributed by atoms with Gasteiger partial charge in [-0.05, 0) is 0 Å². The number of carbonyl (C=O) groups is 1. The summed E-state index contributed by atoms with van der Waals surface area (Å²) in [6, 6.07) is 0. The van der Waals surface area contributed by atoms with Crippen LogP contribution in [0.2, 0.25) is 0 Å². The summed E-state index contributed by atoms with van der Waals surface area (Å²) < 4.78 is 6.92. The summed E-state index contributed by atoms with van der Waals surface area (Å²) in [6.07, 6.45) is 1.56. The molecule has 0 aliphatic rings. The van der Waals surface area contributed by atoms with Gasteiger partial charge in [0.25, 0.3) is 6.20 Å². The molecule has 0 fully saturated rings. The van der Waals surface area contributed by atoms with E-state index < -0.39 is 0 Å². The van der Waals surface area contributed by atoms with Crippen molar-refractivity contribution in [2.24, 2.45) is 7.05 Å². The molecular weight excluding hydrogens is 264 g/mol. The molecule has 0 spiro atoms. The van der Waals surface area contributed by atoms with Crippen LogP contribution in [0.25, 0.3) is 0 Å². The highest BCUT2D eigenvalue weighted by molar-refractivity contribution is 8.01. The maximum atomic E-state index is 11.5. The van der Waals surface area contributed by atoms with Gasteiger partial charge in [0.1, 0.15) is 0 Å². The van der Waals surface area contributed by atoms with Crippen molar-refractivity contribution in [2.45, 2.75) is 4.34 Å². The predicted molar refractivity (Wildman–Crippen MR) is 61.4 cm³/mol. The van der Waals surface area contributed by atoms with Crippen LogP contribution in [0, 0.1) is 0 Å². The van der Waals surface area contributed by atoms with E-state index in [9.17, 15) is 4.79 Å². The molecule has 0 unspecified atom stereocenters. The van der Waals surface area contributed by atoms with Gasteiger partial charge in [0, 0.05) is 0 Å². The minimum atomic E-state index is -0.208. The molecule has 2 heterocycles. The summed E-state index contributed by atoms with van der Waals surface area (Å²) in [5.41, 5.74) is 5.42. The van der Waals surface area contributed by atoms with E-state index in [2.05, 4.69) is 20.8 Å². The zero-order valence-electron chi connectivity index (χ0n) is 8.78. The number of nitrogens with zero attached hydrogens (tertiary/aromatic N) is 4. The first-order valence-corrected chi connectivity index (χ1v) is 6.28. The third kappa shape index (κ3) is 3.39. The molecule has 2 aromatic rings. The highest BCUT2D eigenvalue weighted by Gasteiger charge is 2.12. The number of thioether (sulfide) groups is 1. The maximum absolute atomic E-state index is 11.5. The SMILES string of the molecule is C[n+]1cc(NC(=O)CSc2nnc(N)s2)on1. The van der Waals surface area contributed by atoms with Crippen LogP contribution >= 0.6 is 23.1 Å². The van der Waals surface area contributed by atoms with Crippen LogP contribution in [-0.2, 0) is 11.8 Å². The highest BCUT2D eigenvalue weighted by atomic mass is 32.2. The Labute approximate surface area is 104 Å². The van der Waals surface area contributed by atoms with Crippen molar-refractivity contribution in [2.75, 3.05) is 16.8 Å². The van der Waals surface area contributed by atoms with Gasteiger partial charge in [0.2, 0.25) is 11.0 Å². The third-order valence-corrected chi connectivity index (χ3v) is 3.47. The highest BCUT2D eigenvalue weighted by Crippen LogP contribution is 2.23. The van der Waals surface area contributed by atoms with E-state index in [1.807, 2.05) is 0 Å². The lowest BCUT2D eigenvalue weighted by Gasteiger charge is -1.96. The Kier molecular flexibility index (Phi) is 3.54. The standard InChI is InChI=1S/C7H8N6O2S2/c1-13-2-5(15-12-13)9-4(14)3-16-7-11-10-6(8)17-7/h2H,3H2,1H3,(H2-,8,9,10,12,14)/p+1. The Bertz CT molecular complexity index is 524. The normalized spacial score (nSPS) is 10.4. The number of anilines is 2. The molecule has 90 valence electrons. The van der Waals surface area contributed by atoms with Gasteiger partial charge in [-0.2, -0.15) is 0 Å². The van der Waals surface area contributed by atoms with Crippen molar-refractivity contribution in [1.29, 1.82) is 0 Å². The number of nitrogen functional groups attached to an aromatic ring is 1. The molecule has 2 aromatic heterocycles. The second kappa shape index (κ2) is 5.10. The number of nitrogens with one attached hydrogen (secondary N) is 1. The topological polar surface area (TPSA) is 111 Å². The van der Waals surface area contributed by atoms with E-state index in [0.29, 0.717) is 15.4 Å². The largest absolute Gasteiger partial charge is 0.374 e. The lowest BCUT2D eigenvalue weighted by atomic mass is 10.6. The zero-order chi connectivity index (χ0) is 12.3. The quantitative estimate of drug-likeness (QED) is 0.579. The first-order chi connectivity index (χ1) is 8.13. The fraction of sp³-hybridized carbons (Fsp3) is 0.286. The molecule has 10 heteroatoms. The Morgan fingerprint density at radius 2 is 2.53 bits per heavy atom. The van der Waals surface area contributed by atoms with Crippen LogP contribution in [0.1, 0.15) is 0 Å². The summed E-state index contributed by atoms with van der Waals surface area (Å²) in [5.74, 6) is 0.300. The first kappa shape index (κ1) is 11.8. The molecule has 0 saturated carbocycles. The van der Waals surface area contributed by atoms with Crippen molar-refractivity contribution >= 4 is 40.0 Å². The lowest BCUT2D eigenvalue weighted by molar-refractivity contribution is -0.739. The molecule has 0 radical (unpaired) electrons. The molecule has 0 saturated heterocycles. The van der Waals surface area contributed by atoms with Gasteiger partial charge >= 0.3 is 5.88 Å². The van der Waals surface area contributed by atoms with Gasteiger partial charge in [-0.3, -0.25) is 14.6 Å². The van der Waals surface area contributed by atoms with E-state index >= 15 is 0 Å². The maximum Gasteiger partial charge on any atom is 0.302 e. The van der Waals surface area contributed by atoms with Crippen molar-refractivity contribution in [3.05, 3.63) is 6.20 Å². The van der Waals surface area contributed by atoms with Crippen LogP contribution in [-0.4, -0.2) is 27.1 Å². The number of aromatic nitrogens is 4. The van der Waals surface area contributed by atoms with Crippen molar-refractivity contribution < 1.29 is 14.0 Å². The van der Waals surface area contributed by atoms with Gasteiger partial charge in [0.05, 0.1) is 5.75 Å². The lowest BCUT2D eigenvalue weighted by Crippen LogP contribution is -2.28. The van der Waals surface area contributed by atoms with Crippen LogP contribution < -0.4 is 15.7 Å². The van der Waals surface area contributed by atoms with Gasteiger partial charge in [0.15, 0.2) is 16.7 Å². The number of aryl methyl sites for hydroxylation is 1. The number of hydrogen-bond acceptors (Lipinski definition) is 8. The Balaban J connectivity index is 1.82. The van der Waals surface area contributed by atoms with Crippen molar-refractivity contribution in [1.82, 2.24) is 15.5 Å². The number of carbonyl (C=O) groups excluding carboxylic acids is 1. The third-order valence-electron chi connectivity index (χ3n) is 1.58. The van der Waals surface area contributed by atoms with Crippen molar-refractivity contribution in [3.8, 4) is 0 Å². The molecule has 0 aromatic carbocycles. The fourth-order valence-corrected chi connectivity index (χ4v) is 2.40. The van der Waals surface area contributed by atoms with Gasteiger partial charge in [-0.15, -0.1) is 10.2 Å². The second-order valence-corrected chi connectivity index (χ2v) is 5.21. The van der Waals surface area contributed by atoms with Crippen LogP contribution in [0.15, 0.2) is 15.1 Å². The number of rotatable bonds is 4. The minimum absolute atomic E-state index is 0.207. The Morgan fingerprint density at radius 3 is 3.12 bits per heavy atom. The summed E-state index contributed by atoms with van der Waals surface area (Å²) in [4.78, 5) is 11.5. The molecule has 17 heavy (non-hydrogen) atoms.